The molecule has 1 aromatic carbocycles. The summed E-state index contributed by atoms with van der Waals surface area (Å²) in [4.78, 5) is 12.0. The Balaban J connectivity index is 2.20. The molecule has 0 aliphatic heterocycles. The Kier molecular flexibility index (Phi) is 4.75. The molecule has 0 aliphatic rings. The van der Waals surface area contributed by atoms with Gasteiger partial charge in [0.05, 0.1) is 16.3 Å². The second-order valence-corrected chi connectivity index (χ2v) is 4.98. The van der Waals surface area contributed by atoms with E-state index in [0.29, 0.717) is 12.2 Å². The lowest BCUT2D eigenvalue weighted by molar-refractivity contribution is -0.137. The summed E-state index contributed by atoms with van der Waals surface area (Å²) in [5, 5.41) is 5.88. The molecule has 1 amide bonds. The molecule has 0 radical (unpaired) electrons. The number of nitrogens with one attached hydrogen (secondary N) is 1. The Labute approximate surface area is 129 Å². The minimum Gasteiger partial charge on any atom is -0.361 e. The zero-order valence-corrected chi connectivity index (χ0v) is 12.3. The molecule has 0 bridgehead atoms. The molecule has 0 saturated heterocycles. The third-order valence-electron chi connectivity index (χ3n) is 2.83. The van der Waals surface area contributed by atoms with Crippen molar-refractivity contribution in [1.82, 2.24) is 5.16 Å². The fraction of sp³-hybridized carbons (Fsp3) is 0.286. The lowest BCUT2D eigenvalue weighted by atomic mass is 10.2. The van der Waals surface area contributed by atoms with Gasteiger partial charge >= 0.3 is 6.18 Å². The van der Waals surface area contributed by atoms with Crippen molar-refractivity contribution in [2.45, 2.75) is 25.9 Å². The molecule has 8 heteroatoms. The van der Waals surface area contributed by atoms with Gasteiger partial charge in [-0.1, -0.05) is 23.7 Å². The number of hydrogen-bond donors (Lipinski definition) is 1. The van der Waals surface area contributed by atoms with Gasteiger partial charge in [-0.15, -0.1) is 0 Å². The van der Waals surface area contributed by atoms with Crippen molar-refractivity contribution in [2.24, 2.45) is 0 Å². The zero-order chi connectivity index (χ0) is 16.3. The summed E-state index contributed by atoms with van der Waals surface area (Å²) in [5.41, 5.74) is -1.06. The highest BCUT2D eigenvalue weighted by atomic mass is 35.5. The molecule has 1 aromatic heterocycles. The summed E-state index contributed by atoms with van der Waals surface area (Å²) in [5.74, 6) is -0.157. The summed E-state index contributed by atoms with van der Waals surface area (Å²) in [7, 11) is 0. The van der Waals surface area contributed by atoms with E-state index in [0.717, 1.165) is 24.6 Å². The Morgan fingerprint density at radius 1 is 1.36 bits per heavy atom. The predicted octanol–water partition coefficient (Wildman–Crippen LogP) is 4.55. The van der Waals surface area contributed by atoms with E-state index in [9.17, 15) is 18.0 Å². The average molecular weight is 333 g/mol. The number of hydrogen-bond acceptors (Lipinski definition) is 3. The van der Waals surface area contributed by atoms with Crippen molar-refractivity contribution in [2.75, 3.05) is 5.32 Å². The number of anilines is 1. The fourth-order valence-electron chi connectivity index (χ4n) is 1.77. The Hall–Kier alpha value is -2.02. The van der Waals surface area contributed by atoms with E-state index in [2.05, 4.69) is 10.5 Å². The van der Waals surface area contributed by atoms with Gasteiger partial charge in [0, 0.05) is 12.5 Å². The van der Waals surface area contributed by atoms with E-state index in [4.69, 9.17) is 16.1 Å². The number of benzene rings is 1. The first-order valence-corrected chi connectivity index (χ1v) is 6.82. The van der Waals surface area contributed by atoms with E-state index in [-0.39, 0.29) is 16.4 Å². The van der Waals surface area contributed by atoms with Crippen LogP contribution in [0.1, 0.15) is 35.2 Å². The van der Waals surface area contributed by atoms with Crippen LogP contribution in [0.25, 0.3) is 0 Å². The van der Waals surface area contributed by atoms with Crippen LogP contribution in [-0.2, 0) is 12.6 Å². The minimum atomic E-state index is -4.52. The van der Waals surface area contributed by atoms with Crippen molar-refractivity contribution in [1.29, 1.82) is 0 Å². The van der Waals surface area contributed by atoms with E-state index in [1.807, 2.05) is 6.92 Å². The third kappa shape index (κ3) is 3.79. The predicted molar refractivity (Wildman–Crippen MR) is 74.9 cm³/mol. The monoisotopic (exact) mass is 332 g/mol. The quantitative estimate of drug-likeness (QED) is 0.893. The Morgan fingerprint density at radius 3 is 2.73 bits per heavy atom. The van der Waals surface area contributed by atoms with Gasteiger partial charge < -0.3 is 9.84 Å². The van der Waals surface area contributed by atoms with E-state index in [1.165, 1.54) is 6.07 Å². The van der Waals surface area contributed by atoms with Gasteiger partial charge in [0.25, 0.3) is 5.91 Å². The van der Waals surface area contributed by atoms with Crippen LogP contribution in [0.5, 0.6) is 0 Å². The van der Waals surface area contributed by atoms with Crippen molar-refractivity contribution >= 4 is 23.2 Å². The van der Waals surface area contributed by atoms with Crippen molar-refractivity contribution in [3.05, 3.63) is 46.3 Å². The van der Waals surface area contributed by atoms with Gasteiger partial charge in [-0.2, -0.15) is 13.2 Å². The number of alkyl halides is 3. The number of aromatic nitrogens is 1. The molecule has 0 saturated carbocycles. The molecule has 2 aromatic rings. The highest BCUT2D eigenvalue weighted by molar-refractivity contribution is 6.33. The summed E-state index contributed by atoms with van der Waals surface area (Å²) in [6, 6.07) is 4.13. The molecule has 0 spiro atoms. The smallest absolute Gasteiger partial charge is 0.361 e. The summed E-state index contributed by atoms with van der Waals surface area (Å²) < 4.78 is 42.9. The highest BCUT2D eigenvalue weighted by Gasteiger charge is 2.31. The highest BCUT2D eigenvalue weighted by Crippen LogP contribution is 2.33. The van der Waals surface area contributed by atoms with Crippen LogP contribution < -0.4 is 5.32 Å². The van der Waals surface area contributed by atoms with Crippen molar-refractivity contribution in [3.63, 3.8) is 0 Å². The van der Waals surface area contributed by atoms with Gasteiger partial charge in [-0.25, -0.2) is 0 Å². The van der Waals surface area contributed by atoms with Gasteiger partial charge in [-0.3, -0.25) is 4.79 Å². The maximum absolute atomic E-state index is 12.7. The standard InChI is InChI=1S/C14H12ClF3N2O2/c1-2-3-9-7-12(20-22-9)13(21)19-11-6-8(14(16,17)18)4-5-10(11)15/h4-7H,2-3H2,1H3,(H,19,21). The van der Waals surface area contributed by atoms with E-state index >= 15 is 0 Å². The van der Waals surface area contributed by atoms with Crippen LogP contribution in [-0.4, -0.2) is 11.1 Å². The number of rotatable bonds is 4. The van der Waals surface area contributed by atoms with Crippen LogP contribution in [0.4, 0.5) is 18.9 Å². The van der Waals surface area contributed by atoms with Crippen LogP contribution in [0.15, 0.2) is 28.8 Å². The summed E-state index contributed by atoms with van der Waals surface area (Å²) >= 11 is 5.81. The molecule has 4 nitrogen and oxygen atoms in total. The molecule has 1 heterocycles. The molecular formula is C14H12ClF3N2O2. The third-order valence-corrected chi connectivity index (χ3v) is 3.16. The van der Waals surface area contributed by atoms with Gasteiger partial charge in [0.15, 0.2) is 5.69 Å². The number of halogens is 4. The van der Waals surface area contributed by atoms with Crippen LogP contribution in [0.2, 0.25) is 5.02 Å². The lowest BCUT2D eigenvalue weighted by Gasteiger charge is -2.10. The molecule has 0 atom stereocenters. The second-order valence-electron chi connectivity index (χ2n) is 4.57. The molecule has 0 aliphatic carbocycles. The van der Waals surface area contributed by atoms with E-state index in [1.54, 1.807) is 0 Å². The second kappa shape index (κ2) is 6.39. The number of carbonyl (C=O) groups excluding carboxylic acids is 1. The average Bonchev–Trinajstić information content (AvgIpc) is 2.89. The summed E-state index contributed by atoms with van der Waals surface area (Å²) in [6.45, 7) is 1.94. The number of amides is 1. The normalized spacial score (nSPS) is 11.5. The SMILES string of the molecule is CCCc1cc(C(=O)Nc2cc(C(F)(F)F)ccc2Cl)no1. The van der Waals surface area contributed by atoms with Crippen LogP contribution >= 0.6 is 11.6 Å². The molecule has 0 unspecified atom stereocenters. The zero-order valence-electron chi connectivity index (χ0n) is 11.5. The first-order chi connectivity index (χ1) is 10.3. The molecule has 0 fully saturated rings. The minimum absolute atomic E-state index is 0.00127. The molecule has 2 rings (SSSR count). The lowest BCUT2D eigenvalue weighted by Crippen LogP contribution is -2.14. The van der Waals surface area contributed by atoms with Gasteiger partial charge in [0.1, 0.15) is 5.76 Å². The van der Waals surface area contributed by atoms with E-state index < -0.39 is 17.6 Å². The maximum Gasteiger partial charge on any atom is 0.416 e. The number of nitrogens with zero attached hydrogens (tertiary/aromatic N) is 1. The number of carbonyl (C=O) groups is 1. The first-order valence-electron chi connectivity index (χ1n) is 6.45. The Morgan fingerprint density at radius 2 is 2.09 bits per heavy atom. The molecular weight excluding hydrogens is 321 g/mol. The number of aryl methyl sites for hydroxylation is 1. The van der Waals surface area contributed by atoms with Gasteiger partial charge in [-0.05, 0) is 24.6 Å². The van der Waals surface area contributed by atoms with Crippen LogP contribution in [0.3, 0.4) is 0 Å². The Bertz CT molecular complexity index is 683. The fourth-order valence-corrected chi connectivity index (χ4v) is 1.93. The summed E-state index contributed by atoms with van der Waals surface area (Å²) in [6.07, 6.45) is -3.09. The largest absolute Gasteiger partial charge is 0.416 e. The maximum atomic E-state index is 12.7. The molecule has 1 N–H and O–H groups in total. The molecule has 22 heavy (non-hydrogen) atoms. The van der Waals surface area contributed by atoms with Crippen molar-refractivity contribution in [3.8, 4) is 0 Å². The van der Waals surface area contributed by atoms with Gasteiger partial charge in [0.2, 0.25) is 0 Å². The first kappa shape index (κ1) is 16.4. The van der Waals surface area contributed by atoms with Crippen LogP contribution in [0, 0.1) is 0 Å². The topological polar surface area (TPSA) is 55.1 Å². The molecule has 118 valence electrons. The van der Waals surface area contributed by atoms with Crippen molar-refractivity contribution < 1.29 is 22.5 Å².